The monoisotopic (exact) mass is 704 g/mol. The number of likely N-dealkylation sites (tertiary alicyclic amines) is 1. The molecule has 4 aromatic rings. The molecule has 3 aliphatic rings. The van der Waals surface area contributed by atoms with Gasteiger partial charge in [-0.3, -0.25) is 14.4 Å². The summed E-state index contributed by atoms with van der Waals surface area (Å²) in [6.45, 7) is 1.57. The Labute approximate surface area is 294 Å². The van der Waals surface area contributed by atoms with E-state index in [0.29, 0.717) is 49.5 Å². The van der Waals surface area contributed by atoms with E-state index < -0.39 is 35.0 Å². The Morgan fingerprint density at radius 3 is 2.46 bits per heavy atom. The number of amides is 3. The number of nitrogens with zero attached hydrogens (tertiary/aromatic N) is 2. The molecule has 3 atom stereocenters. The van der Waals surface area contributed by atoms with Crippen molar-refractivity contribution in [3.63, 3.8) is 0 Å². The SMILES string of the molecule is O=C(C[C@H]1C[C@H](C(=O)N2CCCCC2)[C@@]2(CCc3ccccc3)c3[nH]c4ccc(Cl)cc4c3CCN2C1=O)NCc1cccc(C(F)(F)F)c1. The highest BCUT2D eigenvalue weighted by Gasteiger charge is 2.59. The number of piperidine rings is 2. The van der Waals surface area contributed by atoms with E-state index in [-0.39, 0.29) is 31.2 Å². The molecule has 0 bridgehead atoms. The van der Waals surface area contributed by atoms with Crippen molar-refractivity contribution in [2.75, 3.05) is 19.6 Å². The minimum atomic E-state index is -4.50. The van der Waals surface area contributed by atoms with Gasteiger partial charge in [0, 0.05) is 60.1 Å². The first kappa shape index (κ1) is 34.2. The smallest absolute Gasteiger partial charge is 0.356 e. The number of hydrogen-bond donors (Lipinski definition) is 2. The molecule has 7 rings (SSSR count). The Bertz CT molecular complexity index is 1910. The summed E-state index contributed by atoms with van der Waals surface area (Å²) >= 11 is 6.47. The van der Waals surface area contributed by atoms with Crippen LogP contribution in [-0.4, -0.2) is 52.1 Å². The van der Waals surface area contributed by atoms with E-state index in [2.05, 4.69) is 22.4 Å². The molecule has 11 heteroatoms. The number of halogens is 4. The van der Waals surface area contributed by atoms with Gasteiger partial charge in [0.1, 0.15) is 0 Å². The molecule has 3 aliphatic heterocycles. The highest BCUT2D eigenvalue weighted by molar-refractivity contribution is 6.31. The number of aromatic nitrogens is 1. The molecule has 2 saturated heterocycles. The highest BCUT2D eigenvalue weighted by atomic mass is 35.5. The van der Waals surface area contributed by atoms with Crippen molar-refractivity contribution in [3.05, 3.63) is 106 Å². The fourth-order valence-electron chi connectivity index (χ4n) is 8.46. The van der Waals surface area contributed by atoms with Crippen molar-refractivity contribution < 1.29 is 27.6 Å². The van der Waals surface area contributed by atoms with Crippen LogP contribution < -0.4 is 5.32 Å². The lowest BCUT2D eigenvalue weighted by Crippen LogP contribution is -2.66. The zero-order chi connectivity index (χ0) is 35.0. The van der Waals surface area contributed by atoms with E-state index in [4.69, 9.17) is 11.6 Å². The van der Waals surface area contributed by atoms with E-state index in [1.807, 2.05) is 46.2 Å². The standard InChI is InChI=1S/C39H40ClF3N4O3/c40-29-12-13-33-31(23-29)30-15-19-47-36(49)27(22-34(48)44-24-26-10-7-11-28(20-26)39(41,42)43)21-32(37(50)46-17-5-2-6-18-46)38(47,35(30)45-33)16-14-25-8-3-1-4-9-25/h1,3-4,7-13,20,23,27,32,45H,2,5-6,14-19,21-22,24H2,(H,44,48)/t27-,32-,38+/m1/s1. The summed E-state index contributed by atoms with van der Waals surface area (Å²) < 4.78 is 39.8. The number of aryl methyl sites for hydroxylation is 1. The second kappa shape index (κ2) is 13.8. The first-order valence-electron chi connectivity index (χ1n) is 17.4. The van der Waals surface area contributed by atoms with Crippen LogP contribution in [0.15, 0.2) is 72.8 Å². The van der Waals surface area contributed by atoms with Crippen LogP contribution >= 0.6 is 11.6 Å². The number of aromatic amines is 1. The lowest BCUT2D eigenvalue weighted by molar-refractivity contribution is -0.167. The van der Waals surface area contributed by atoms with Crippen molar-refractivity contribution in [3.8, 4) is 0 Å². The third-order valence-corrected chi connectivity index (χ3v) is 11.1. The summed E-state index contributed by atoms with van der Waals surface area (Å²) in [5.74, 6) is -2.02. The highest BCUT2D eigenvalue weighted by Crippen LogP contribution is 2.53. The molecule has 1 aromatic heterocycles. The van der Waals surface area contributed by atoms with E-state index >= 15 is 0 Å². The minimum absolute atomic E-state index is 0.00539. The summed E-state index contributed by atoms with van der Waals surface area (Å²) in [5.41, 5.74) is 2.46. The number of fused-ring (bicyclic) bond motifs is 5. The van der Waals surface area contributed by atoms with E-state index in [0.717, 1.165) is 59.1 Å². The topological polar surface area (TPSA) is 85.5 Å². The van der Waals surface area contributed by atoms with Gasteiger partial charge in [-0.15, -0.1) is 0 Å². The van der Waals surface area contributed by atoms with Crippen LogP contribution in [0.25, 0.3) is 10.9 Å². The zero-order valence-corrected chi connectivity index (χ0v) is 28.5. The molecule has 0 aliphatic carbocycles. The summed E-state index contributed by atoms with van der Waals surface area (Å²) in [6, 6.07) is 20.6. The van der Waals surface area contributed by atoms with Gasteiger partial charge in [0.25, 0.3) is 0 Å². The maximum Gasteiger partial charge on any atom is 0.416 e. The van der Waals surface area contributed by atoms with Gasteiger partial charge >= 0.3 is 6.18 Å². The molecule has 2 fully saturated rings. The molecule has 4 heterocycles. The molecule has 0 saturated carbocycles. The van der Waals surface area contributed by atoms with Crippen LogP contribution in [0.2, 0.25) is 5.02 Å². The molecule has 2 N–H and O–H groups in total. The average molecular weight is 705 g/mol. The van der Waals surface area contributed by atoms with Gasteiger partial charge in [-0.2, -0.15) is 13.2 Å². The second-order valence-electron chi connectivity index (χ2n) is 13.9. The number of benzene rings is 3. The van der Waals surface area contributed by atoms with Gasteiger partial charge in [0.2, 0.25) is 17.7 Å². The number of carbonyl (C=O) groups is 3. The lowest BCUT2D eigenvalue weighted by atomic mass is 9.64. The zero-order valence-electron chi connectivity index (χ0n) is 27.7. The maximum absolute atomic E-state index is 14.8. The maximum atomic E-state index is 14.8. The first-order valence-corrected chi connectivity index (χ1v) is 17.8. The van der Waals surface area contributed by atoms with Crippen molar-refractivity contribution in [1.82, 2.24) is 20.1 Å². The third-order valence-electron chi connectivity index (χ3n) is 10.9. The molecular formula is C39H40ClF3N4O3. The Hall–Kier alpha value is -4.31. The van der Waals surface area contributed by atoms with Crippen molar-refractivity contribution in [1.29, 1.82) is 0 Å². The number of carbonyl (C=O) groups excluding carboxylic acids is 3. The summed E-state index contributed by atoms with van der Waals surface area (Å²) in [5, 5.41) is 4.32. The van der Waals surface area contributed by atoms with Crippen molar-refractivity contribution in [2.24, 2.45) is 11.8 Å². The van der Waals surface area contributed by atoms with E-state index in [9.17, 15) is 27.6 Å². The minimum Gasteiger partial charge on any atom is -0.356 e. The van der Waals surface area contributed by atoms with Crippen LogP contribution in [0.5, 0.6) is 0 Å². The molecule has 3 amide bonds. The number of alkyl halides is 3. The van der Waals surface area contributed by atoms with E-state index in [1.54, 1.807) is 0 Å². The van der Waals surface area contributed by atoms with Gasteiger partial charge in [0.05, 0.1) is 17.0 Å². The number of H-pyrrole nitrogens is 1. The Kier molecular flexibility index (Phi) is 9.41. The lowest BCUT2D eigenvalue weighted by Gasteiger charge is -2.56. The van der Waals surface area contributed by atoms with Gasteiger partial charge in [-0.1, -0.05) is 54.1 Å². The predicted molar refractivity (Wildman–Crippen MR) is 185 cm³/mol. The molecule has 3 aromatic carbocycles. The first-order chi connectivity index (χ1) is 24.0. The van der Waals surface area contributed by atoms with E-state index in [1.165, 1.54) is 12.1 Å². The predicted octanol–water partition coefficient (Wildman–Crippen LogP) is 7.41. The number of nitrogens with one attached hydrogen (secondary N) is 2. The Morgan fingerprint density at radius 2 is 1.70 bits per heavy atom. The molecule has 0 radical (unpaired) electrons. The van der Waals surface area contributed by atoms with Gasteiger partial charge < -0.3 is 20.1 Å². The van der Waals surface area contributed by atoms with Crippen LogP contribution in [0.4, 0.5) is 13.2 Å². The van der Waals surface area contributed by atoms with Crippen LogP contribution in [0.1, 0.15) is 66.5 Å². The summed E-state index contributed by atoms with van der Waals surface area (Å²) in [4.78, 5) is 50.3. The van der Waals surface area contributed by atoms with Crippen LogP contribution in [0, 0.1) is 11.8 Å². The third kappa shape index (κ3) is 6.50. The number of hydrogen-bond acceptors (Lipinski definition) is 3. The number of rotatable bonds is 8. The van der Waals surface area contributed by atoms with Gasteiger partial charge in [-0.25, -0.2) is 0 Å². The molecule has 0 unspecified atom stereocenters. The fraction of sp³-hybridized carbons (Fsp3) is 0.410. The fourth-order valence-corrected chi connectivity index (χ4v) is 8.63. The molecular weight excluding hydrogens is 665 g/mol. The quantitative estimate of drug-likeness (QED) is 0.200. The molecule has 262 valence electrons. The Balaban J connectivity index is 1.24. The Morgan fingerprint density at radius 1 is 0.940 bits per heavy atom. The summed E-state index contributed by atoms with van der Waals surface area (Å²) in [7, 11) is 0. The van der Waals surface area contributed by atoms with Gasteiger partial charge in [0.15, 0.2) is 0 Å². The molecule has 7 nitrogen and oxygen atoms in total. The van der Waals surface area contributed by atoms with Crippen LogP contribution in [0.3, 0.4) is 0 Å². The van der Waals surface area contributed by atoms with Gasteiger partial charge in [-0.05, 0) is 92.0 Å². The van der Waals surface area contributed by atoms with Crippen molar-refractivity contribution in [2.45, 2.75) is 69.6 Å². The van der Waals surface area contributed by atoms with Crippen LogP contribution in [-0.2, 0) is 45.5 Å². The normalized spacial score (nSPS) is 22.3. The largest absolute Gasteiger partial charge is 0.416 e. The average Bonchev–Trinajstić information content (AvgIpc) is 3.50. The second-order valence-corrected chi connectivity index (χ2v) is 14.3. The molecule has 0 spiro atoms. The molecule has 50 heavy (non-hydrogen) atoms. The summed E-state index contributed by atoms with van der Waals surface area (Å²) in [6.07, 6.45) is 0.108. The van der Waals surface area contributed by atoms with Crippen molar-refractivity contribution >= 4 is 40.2 Å².